The lowest BCUT2D eigenvalue weighted by Gasteiger charge is -2.25. The first-order valence-corrected chi connectivity index (χ1v) is 17.9. The topological polar surface area (TPSA) is 49.9 Å². The predicted molar refractivity (Wildman–Crippen MR) is 219 cm³/mol. The maximum Gasteiger partial charge on any atom is 0.160 e. The largest absolute Gasteiger partial charge is 0.456 e. The molecule has 2 heterocycles. The molecule has 1 N–H and O–H groups in total. The number of aliphatic imine (C=N–C) groups is 2. The maximum atomic E-state index is 6.53. The van der Waals surface area contributed by atoms with Gasteiger partial charge in [0.2, 0.25) is 0 Å². The number of fused-ring (bicyclic) bond motifs is 4. The molecule has 0 bridgehead atoms. The number of nitrogens with one attached hydrogen (secondary N) is 1. The van der Waals surface area contributed by atoms with Gasteiger partial charge in [-0.3, -0.25) is 0 Å². The number of nitrogens with zero attached hydrogens (tertiary/aromatic N) is 2. The van der Waals surface area contributed by atoms with Crippen LogP contribution in [0.4, 0.5) is 0 Å². The van der Waals surface area contributed by atoms with E-state index in [1.54, 1.807) is 0 Å². The Morgan fingerprint density at radius 2 is 1.08 bits per heavy atom. The highest BCUT2D eigenvalue weighted by molar-refractivity contribution is 6.23. The van der Waals surface area contributed by atoms with Gasteiger partial charge in [0, 0.05) is 21.9 Å². The second-order valence-corrected chi connectivity index (χ2v) is 13.4. The van der Waals surface area contributed by atoms with Crippen LogP contribution in [0.25, 0.3) is 66.1 Å². The minimum absolute atomic E-state index is 0.403. The standard InChI is InChI=1S/C49H33N3O/c1-4-14-32(15-5-1)36-26-24-34-25-27-37(29-38(34)28-36)47-50-48(41-21-11-10-20-40(41)35-18-8-3-9-19-35)52-49(51-47)43-30-39(33-16-6-2-7-17-33)31-45-46(43)42-22-12-13-23-44(42)53-45/h1-31,47H,(H,50,51,52). The first kappa shape index (κ1) is 30.8. The van der Waals surface area contributed by atoms with Gasteiger partial charge in [-0.05, 0) is 80.0 Å². The van der Waals surface area contributed by atoms with Crippen LogP contribution in [0.1, 0.15) is 22.9 Å². The third-order valence-corrected chi connectivity index (χ3v) is 10.1. The molecule has 10 rings (SSSR count). The summed E-state index contributed by atoms with van der Waals surface area (Å²) < 4.78 is 6.53. The number of furan rings is 1. The Balaban J connectivity index is 1.19. The minimum Gasteiger partial charge on any atom is -0.456 e. The molecular formula is C49H33N3O. The molecule has 1 aliphatic heterocycles. The summed E-state index contributed by atoms with van der Waals surface area (Å²) in [5.74, 6) is 1.42. The fourth-order valence-corrected chi connectivity index (χ4v) is 7.51. The molecule has 0 amide bonds. The summed E-state index contributed by atoms with van der Waals surface area (Å²) in [4.78, 5) is 10.8. The van der Waals surface area contributed by atoms with Crippen molar-refractivity contribution in [3.8, 4) is 33.4 Å². The summed E-state index contributed by atoms with van der Waals surface area (Å²) in [6, 6.07) is 65.8. The Morgan fingerprint density at radius 1 is 0.434 bits per heavy atom. The first-order chi connectivity index (χ1) is 26.2. The van der Waals surface area contributed by atoms with Crippen molar-refractivity contribution in [2.45, 2.75) is 6.17 Å². The summed E-state index contributed by atoms with van der Waals surface area (Å²) in [6.07, 6.45) is -0.403. The van der Waals surface area contributed by atoms with Gasteiger partial charge in [0.15, 0.2) is 5.84 Å². The number of hydrogen-bond acceptors (Lipinski definition) is 4. The van der Waals surface area contributed by atoms with Gasteiger partial charge in [0.1, 0.15) is 23.2 Å². The van der Waals surface area contributed by atoms with E-state index in [9.17, 15) is 0 Å². The van der Waals surface area contributed by atoms with Crippen LogP contribution in [-0.4, -0.2) is 11.7 Å². The van der Waals surface area contributed by atoms with Crippen LogP contribution in [0, 0.1) is 0 Å². The molecule has 1 aliphatic rings. The van der Waals surface area contributed by atoms with Crippen LogP contribution < -0.4 is 5.32 Å². The van der Waals surface area contributed by atoms with Crippen molar-refractivity contribution in [1.82, 2.24) is 5.32 Å². The number of benzene rings is 8. The van der Waals surface area contributed by atoms with Gasteiger partial charge >= 0.3 is 0 Å². The smallest absolute Gasteiger partial charge is 0.160 e. The van der Waals surface area contributed by atoms with Gasteiger partial charge in [0.25, 0.3) is 0 Å². The lowest BCUT2D eigenvalue weighted by Crippen LogP contribution is -2.33. The van der Waals surface area contributed by atoms with Crippen LogP contribution in [0.2, 0.25) is 0 Å². The molecule has 0 fully saturated rings. The molecule has 1 aromatic heterocycles. The van der Waals surface area contributed by atoms with Crippen molar-refractivity contribution < 1.29 is 4.42 Å². The molecule has 0 saturated carbocycles. The first-order valence-electron chi connectivity index (χ1n) is 17.9. The highest BCUT2D eigenvalue weighted by Crippen LogP contribution is 2.37. The predicted octanol–water partition coefficient (Wildman–Crippen LogP) is 12.2. The summed E-state index contributed by atoms with van der Waals surface area (Å²) in [7, 11) is 0. The number of hydrogen-bond donors (Lipinski definition) is 1. The van der Waals surface area contributed by atoms with E-state index in [2.05, 4.69) is 169 Å². The zero-order valence-electron chi connectivity index (χ0n) is 28.8. The Labute approximate surface area is 307 Å². The van der Waals surface area contributed by atoms with Gasteiger partial charge in [-0.1, -0.05) is 158 Å². The molecular weight excluding hydrogens is 647 g/mol. The van der Waals surface area contributed by atoms with Crippen molar-refractivity contribution in [1.29, 1.82) is 0 Å². The highest BCUT2D eigenvalue weighted by atomic mass is 16.3. The molecule has 9 aromatic rings. The van der Waals surface area contributed by atoms with Crippen LogP contribution in [0.5, 0.6) is 0 Å². The molecule has 4 nitrogen and oxygen atoms in total. The Morgan fingerprint density at radius 3 is 1.85 bits per heavy atom. The van der Waals surface area contributed by atoms with Crippen molar-refractivity contribution in [2.24, 2.45) is 9.98 Å². The molecule has 0 radical (unpaired) electrons. The average Bonchev–Trinajstić information content (AvgIpc) is 3.62. The average molecular weight is 680 g/mol. The maximum absolute atomic E-state index is 6.53. The zero-order valence-corrected chi connectivity index (χ0v) is 28.8. The van der Waals surface area contributed by atoms with E-state index in [0.717, 1.165) is 72.1 Å². The second-order valence-electron chi connectivity index (χ2n) is 13.4. The third kappa shape index (κ3) is 5.67. The summed E-state index contributed by atoms with van der Waals surface area (Å²) in [5.41, 5.74) is 11.4. The number of para-hydroxylation sites is 1. The molecule has 250 valence electrons. The van der Waals surface area contributed by atoms with Crippen molar-refractivity contribution in [3.63, 3.8) is 0 Å². The van der Waals surface area contributed by atoms with Crippen molar-refractivity contribution in [2.75, 3.05) is 0 Å². The highest BCUT2D eigenvalue weighted by Gasteiger charge is 2.26. The summed E-state index contributed by atoms with van der Waals surface area (Å²) in [5, 5.41) is 8.21. The van der Waals surface area contributed by atoms with E-state index in [1.807, 2.05) is 24.3 Å². The van der Waals surface area contributed by atoms with E-state index < -0.39 is 6.17 Å². The Bertz CT molecular complexity index is 2850. The Hall–Kier alpha value is -7.04. The van der Waals surface area contributed by atoms with Crippen LogP contribution >= 0.6 is 0 Å². The van der Waals surface area contributed by atoms with Gasteiger partial charge < -0.3 is 9.73 Å². The summed E-state index contributed by atoms with van der Waals surface area (Å²) in [6.45, 7) is 0. The SMILES string of the molecule is c1ccc(-c2ccc3ccc(C4N=C(c5ccccc5-c5ccccc5)N=C(c5cc(-c6ccccc6)cc6oc7ccccc7c56)N4)cc3c2)cc1. The molecule has 0 saturated heterocycles. The molecule has 8 aromatic carbocycles. The summed E-state index contributed by atoms with van der Waals surface area (Å²) >= 11 is 0. The lowest BCUT2D eigenvalue weighted by atomic mass is 9.96. The van der Waals surface area contributed by atoms with Crippen LogP contribution in [0.15, 0.2) is 202 Å². The third-order valence-electron chi connectivity index (χ3n) is 10.1. The number of rotatable bonds is 6. The van der Waals surface area contributed by atoms with Gasteiger partial charge in [-0.25, -0.2) is 9.98 Å². The van der Waals surface area contributed by atoms with Crippen LogP contribution in [0.3, 0.4) is 0 Å². The zero-order chi connectivity index (χ0) is 35.1. The second kappa shape index (κ2) is 12.9. The van der Waals surface area contributed by atoms with Gasteiger partial charge in [-0.15, -0.1) is 0 Å². The molecule has 0 spiro atoms. The van der Waals surface area contributed by atoms with Crippen LogP contribution in [-0.2, 0) is 0 Å². The number of amidine groups is 2. The minimum atomic E-state index is -0.403. The Kier molecular flexibility index (Phi) is 7.51. The molecule has 1 unspecified atom stereocenters. The molecule has 0 aliphatic carbocycles. The molecule has 53 heavy (non-hydrogen) atoms. The van der Waals surface area contributed by atoms with Crippen molar-refractivity contribution >= 4 is 44.4 Å². The normalized spacial score (nSPS) is 14.2. The monoisotopic (exact) mass is 679 g/mol. The molecule has 4 heteroatoms. The van der Waals surface area contributed by atoms with Gasteiger partial charge in [0.05, 0.1) is 0 Å². The van der Waals surface area contributed by atoms with Crippen molar-refractivity contribution in [3.05, 3.63) is 205 Å². The van der Waals surface area contributed by atoms with E-state index >= 15 is 0 Å². The molecule has 1 atom stereocenters. The fraction of sp³-hybridized carbons (Fsp3) is 0.0204. The van der Waals surface area contributed by atoms with E-state index in [-0.39, 0.29) is 0 Å². The van der Waals surface area contributed by atoms with Gasteiger partial charge in [-0.2, -0.15) is 0 Å². The lowest BCUT2D eigenvalue weighted by molar-refractivity contribution is 0.668. The quantitative estimate of drug-likeness (QED) is 0.190. The van der Waals surface area contributed by atoms with E-state index in [0.29, 0.717) is 5.84 Å². The van der Waals surface area contributed by atoms with E-state index in [4.69, 9.17) is 14.4 Å². The van der Waals surface area contributed by atoms with E-state index in [1.165, 1.54) is 16.5 Å². The fourth-order valence-electron chi connectivity index (χ4n) is 7.51.